The number of aromatic amines is 1. The van der Waals surface area contributed by atoms with Gasteiger partial charge in [0.25, 0.3) is 5.56 Å². The first kappa shape index (κ1) is 15.3. The number of anilines is 1. The van der Waals surface area contributed by atoms with Crippen molar-refractivity contribution in [2.45, 2.75) is 39.3 Å². The second kappa shape index (κ2) is 5.53. The van der Waals surface area contributed by atoms with Crippen molar-refractivity contribution in [3.63, 3.8) is 0 Å². The zero-order valence-electron chi connectivity index (χ0n) is 13.8. The molecule has 1 aromatic carbocycles. The summed E-state index contributed by atoms with van der Waals surface area (Å²) in [6, 6.07) is 10.1. The van der Waals surface area contributed by atoms with Crippen LogP contribution in [-0.2, 0) is 5.54 Å². The molecule has 3 aromatic rings. The van der Waals surface area contributed by atoms with Gasteiger partial charge in [0.05, 0.1) is 17.8 Å². The van der Waals surface area contributed by atoms with Crippen LogP contribution in [0.5, 0.6) is 0 Å². The van der Waals surface area contributed by atoms with Gasteiger partial charge in [-0.1, -0.05) is 30.3 Å². The molecule has 2 heterocycles. The highest BCUT2D eigenvalue weighted by Crippen LogP contribution is 2.20. The van der Waals surface area contributed by atoms with Crippen LogP contribution >= 0.6 is 0 Å². The quantitative estimate of drug-likeness (QED) is 0.779. The Morgan fingerprint density at radius 2 is 1.91 bits per heavy atom. The van der Waals surface area contributed by atoms with Gasteiger partial charge in [0.1, 0.15) is 5.39 Å². The summed E-state index contributed by atoms with van der Waals surface area (Å²) in [6.45, 7) is 8.12. The maximum absolute atomic E-state index is 12.3. The monoisotopic (exact) mass is 311 g/mol. The summed E-state index contributed by atoms with van der Waals surface area (Å²) in [5, 5.41) is 8.06. The zero-order valence-corrected chi connectivity index (χ0v) is 13.8. The molecule has 23 heavy (non-hydrogen) atoms. The van der Waals surface area contributed by atoms with Gasteiger partial charge in [0.2, 0.25) is 5.95 Å². The van der Waals surface area contributed by atoms with Crippen molar-refractivity contribution >= 4 is 17.0 Å². The molecule has 0 saturated carbocycles. The summed E-state index contributed by atoms with van der Waals surface area (Å²) >= 11 is 0. The summed E-state index contributed by atoms with van der Waals surface area (Å²) in [5.41, 5.74) is 1.28. The maximum Gasteiger partial charge on any atom is 0.263 e. The summed E-state index contributed by atoms with van der Waals surface area (Å²) in [5.74, 6) is 0.449. The predicted octanol–water partition coefficient (Wildman–Crippen LogP) is 3.05. The third kappa shape index (κ3) is 2.97. The lowest BCUT2D eigenvalue weighted by Crippen LogP contribution is -2.24. The minimum atomic E-state index is -0.245. The number of nitrogens with one attached hydrogen (secondary N) is 2. The van der Waals surface area contributed by atoms with Crippen LogP contribution in [0.2, 0.25) is 0 Å². The van der Waals surface area contributed by atoms with Crippen LogP contribution in [0.15, 0.2) is 41.3 Å². The van der Waals surface area contributed by atoms with Gasteiger partial charge in [-0.3, -0.25) is 9.78 Å². The third-order valence-electron chi connectivity index (χ3n) is 3.73. The first-order valence-corrected chi connectivity index (χ1v) is 7.66. The molecule has 120 valence electrons. The van der Waals surface area contributed by atoms with Crippen LogP contribution < -0.4 is 10.9 Å². The van der Waals surface area contributed by atoms with Crippen LogP contribution in [0.1, 0.15) is 39.3 Å². The molecule has 0 aliphatic carbocycles. The topological polar surface area (TPSA) is 75.6 Å². The van der Waals surface area contributed by atoms with E-state index in [1.54, 1.807) is 10.9 Å². The van der Waals surface area contributed by atoms with E-state index in [1.165, 1.54) is 0 Å². The average Bonchev–Trinajstić information content (AvgIpc) is 2.92. The highest BCUT2D eigenvalue weighted by molar-refractivity contribution is 5.74. The normalized spacial score (nSPS) is 13.2. The lowest BCUT2D eigenvalue weighted by molar-refractivity contribution is 0.366. The first-order valence-electron chi connectivity index (χ1n) is 7.66. The van der Waals surface area contributed by atoms with Crippen LogP contribution in [0, 0.1) is 0 Å². The van der Waals surface area contributed by atoms with E-state index in [1.807, 2.05) is 58.0 Å². The number of nitrogens with zero attached hydrogens (tertiary/aromatic N) is 3. The molecule has 0 aliphatic rings. The highest BCUT2D eigenvalue weighted by Gasteiger charge is 2.20. The van der Waals surface area contributed by atoms with Crippen LogP contribution in [0.3, 0.4) is 0 Å². The van der Waals surface area contributed by atoms with Crippen molar-refractivity contribution in [2.75, 3.05) is 5.32 Å². The van der Waals surface area contributed by atoms with Crippen LogP contribution in [-0.4, -0.2) is 19.7 Å². The Labute approximate surface area is 134 Å². The molecule has 6 heteroatoms. The molecule has 0 amide bonds. The molecule has 0 saturated heterocycles. The second-order valence-electron chi connectivity index (χ2n) is 6.66. The third-order valence-corrected chi connectivity index (χ3v) is 3.73. The van der Waals surface area contributed by atoms with Gasteiger partial charge in [-0.05, 0) is 33.3 Å². The summed E-state index contributed by atoms with van der Waals surface area (Å²) in [4.78, 5) is 19.6. The molecule has 0 aliphatic heterocycles. The van der Waals surface area contributed by atoms with E-state index in [2.05, 4.69) is 20.4 Å². The SMILES string of the molecule is CC(Nc1nc2c(cnn2C(C)(C)C)c(=O)[nH]1)c1ccccc1. The molecule has 1 atom stereocenters. The molecule has 0 bridgehead atoms. The highest BCUT2D eigenvalue weighted by atomic mass is 16.1. The lowest BCUT2D eigenvalue weighted by atomic mass is 10.1. The van der Waals surface area contributed by atoms with Gasteiger partial charge in [-0.25, -0.2) is 4.68 Å². The predicted molar refractivity (Wildman–Crippen MR) is 91.6 cm³/mol. The van der Waals surface area contributed by atoms with Gasteiger partial charge in [-0.2, -0.15) is 10.1 Å². The summed E-state index contributed by atoms with van der Waals surface area (Å²) in [7, 11) is 0. The van der Waals surface area contributed by atoms with E-state index in [4.69, 9.17) is 0 Å². The standard InChI is InChI=1S/C17H21N5O/c1-11(12-8-6-5-7-9-12)19-16-20-14-13(15(23)21-16)10-18-22(14)17(2,3)4/h5-11H,1-4H3,(H2,19,20,21,23). The van der Waals surface area contributed by atoms with E-state index in [9.17, 15) is 4.79 Å². The Morgan fingerprint density at radius 1 is 1.22 bits per heavy atom. The van der Waals surface area contributed by atoms with E-state index >= 15 is 0 Å². The van der Waals surface area contributed by atoms with Crippen LogP contribution in [0.25, 0.3) is 11.0 Å². The number of fused-ring (bicyclic) bond motifs is 1. The fourth-order valence-electron chi connectivity index (χ4n) is 2.51. The molecule has 1 unspecified atom stereocenters. The van der Waals surface area contributed by atoms with Crippen molar-refractivity contribution in [3.05, 3.63) is 52.4 Å². The molecule has 0 radical (unpaired) electrons. The number of aromatic nitrogens is 4. The number of H-pyrrole nitrogens is 1. The second-order valence-corrected chi connectivity index (χ2v) is 6.66. The Kier molecular flexibility index (Phi) is 3.67. The smallest absolute Gasteiger partial charge is 0.263 e. The van der Waals surface area contributed by atoms with Gasteiger partial charge in [0, 0.05) is 0 Å². The Bertz CT molecular complexity index is 873. The minimum absolute atomic E-state index is 0.0304. The summed E-state index contributed by atoms with van der Waals surface area (Å²) < 4.78 is 1.77. The molecular weight excluding hydrogens is 290 g/mol. The molecule has 0 spiro atoms. The average molecular weight is 311 g/mol. The minimum Gasteiger partial charge on any atom is -0.349 e. The maximum atomic E-state index is 12.3. The van der Waals surface area contributed by atoms with E-state index in [-0.39, 0.29) is 17.1 Å². The molecule has 6 nitrogen and oxygen atoms in total. The number of hydrogen-bond donors (Lipinski definition) is 2. The molecular formula is C17H21N5O. The van der Waals surface area contributed by atoms with Gasteiger partial charge in [-0.15, -0.1) is 0 Å². The van der Waals surface area contributed by atoms with Crippen molar-refractivity contribution in [2.24, 2.45) is 0 Å². The van der Waals surface area contributed by atoms with E-state index in [0.29, 0.717) is 17.0 Å². The largest absolute Gasteiger partial charge is 0.349 e. The first-order chi connectivity index (χ1) is 10.9. The fourth-order valence-corrected chi connectivity index (χ4v) is 2.51. The molecule has 2 N–H and O–H groups in total. The fraction of sp³-hybridized carbons (Fsp3) is 0.353. The Balaban J connectivity index is 2.00. The van der Waals surface area contributed by atoms with Crippen molar-refractivity contribution in [3.8, 4) is 0 Å². The van der Waals surface area contributed by atoms with Crippen LogP contribution in [0.4, 0.5) is 5.95 Å². The summed E-state index contributed by atoms with van der Waals surface area (Å²) in [6.07, 6.45) is 1.57. The van der Waals surface area contributed by atoms with Crippen molar-refractivity contribution in [1.82, 2.24) is 19.7 Å². The van der Waals surface area contributed by atoms with E-state index < -0.39 is 0 Å². The van der Waals surface area contributed by atoms with E-state index in [0.717, 1.165) is 5.56 Å². The lowest BCUT2D eigenvalue weighted by Gasteiger charge is -2.20. The Morgan fingerprint density at radius 3 is 2.57 bits per heavy atom. The molecule has 2 aromatic heterocycles. The molecule has 0 fully saturated rings. The number of hydrogen-bond acceptors (Lipinski definition) is 4. The van der Waals surface area contributed by atoms with Crippen molar-refractivity contribution < 1.29 is 0 Å². The number of rotatable bonds is 3. The van der Waals surface area contributed by atoms with Gasteiger partial charge in [0.15, 0.2) is 5.65 Å². The van der Waals surface area contributed by atoms with Gasteiger partial charge >= 0.3 is 0 Å². The molecule has 3 rings (SSSR count). The zero-order chi connectivity index (χ0) is 16.6. The van der Waals surface area contributed by atoms with Gasteiger partial charge < -0.3 is 5.32 Å². The van der Waals surface area contributed by atoms with Crippen molar-refractivity contribution in [1.29, 1.82) is 0 Å². The number of benzene rings is 1. The Hall–Kier alpha value is -2.63.